The first-order valence-corrected chi connectivity index (χ1v) is 8.59. The molecular formula is C18H27N3. The third-order valence-electron chi connectivity index (χ3n) is 5.84. The fourth-order valence-electron chi connectivity index (χ4n) is 4.51. The van der Waals surface area contributed by atoms with Crippen LogP contribution in [0.2, 0.25) is 0 Å². The van der Waals surface area contributed by atoms with Crippen LogP contribution in [0, 0.1) is 0 Å². The van der Waals surface area contributed by atoms with Crippen LogP contribution in [0.25, 0.3) is 0 Å². The maximum absolute atomic E-state index is 5.98. The van der Waals surface area contributed by atoms with Crippen molar-refractivity contribution in [3.05, 3.63) is 35.9 Å². The third-order valence-corrected chi connectivity index (χ3v) is 5.84. The molecule has 2 aliphatic heterocycles. The summed E-state index contributed by atoms with van der Waals surface area (Å²) in [5.41, 5.74) is 7.45. The second-order valence-corrected chi connectivity index (χ2v) is 7.21. The number of likely N-dealkylation sites (tertiary alicyclic amines) is 1. The SMILES string of the molecule is NC1CC(N2CCC3CCC(C2)N3Cc2ccccc2)C1. The standard InChI is InChI=1S/C18H27N3/c19-15-10-18(11-15)20-9-8-16-6-7-17(13-20)21(16)12-14-4-2-1-3-5-14/h1-5,15-18H,6-13,19H2. The Morgan fingerprint density at radius 2 is 1.71 bits per heavy atom. The summed E-state index contributed by atoms with van der Waals surface area (Å²) in [4.78, 5) is 5.53. The Labute approximate surface area is 128 Å². The zero-order valence-corrected chi connectivity index (χ0v) is 12.8. The fourth-order valence-corrected chi connectivity index (χ4v) is 4.51. The normalized spacial score (nSPS) is 37.2. The van der Waals surface area contributed by atoms with Crippen molar-refractivity contribution in [2.24, 2.45) is 5.73 Å². The summed E-state index contributed by atoms with van der Waals surface area (Å²) in [6.07, 6.45) is 6.56. The Morgan fingerprint density at radius 3 is 2.48 bits per heavy atom. The second-order valence-electron chi connectivity index (χ2n) is 7.21. The van der Waals surface area contributed by atoms with E-state index in [2.05, 4.69) is 40.1 Å². The molecule has 3 heteroatoms. The minimum atomic E-state index is 0.468. The molecule has 1 saturated carbocycles. The van der Waals surface area contributed by atoms with E-state index in [1.165, 1.54) is 50.8 Å². The van der Waals surface area contributed by atoms with Crippen LogP contribution < -0.4 is 5.73 Å². The highest BCUT2D eigenvalue weighted by Gasteiger charge is 2.40. The highest BCUT2D eigenvalue weighted by molar-refractivity contribution is 5.15. The van der Waals surface area contributed by atoms with Crippen LogP contribution in [-0.2, 0) is 6.54 Å². The molecule has 4 rings (SSSR count). The molecule has 2 heterocycles. The largest absolute Gasteiger partial charge is 0.328 e. The molecule has 0 aromatic heterocycles. The van der Waals surface area contributed by atoms with Gasteiger partial charge in [0.15, 0.2) is 0 Å². The van der Waals surface area contributed by atoms with Gasteiger partial charge in [-0.05, 0) is 44.2 Å². The van der Waals surface area contributed by atoms with Crippen LogP contribution >= 0.6 is 0 Å². The Balaban J connectivity index is 1.44. The minimum absolute atomic E-state index is 0.468. The molecule has 3 nitrogen and oxygen atoms in total. The van der Waals surface area contributed by atoms with Crippen molar-refractivity contribution in [3.8, 4) is 0 Å². The molecule has 2 saturated heterocycles. The molecular weight excluding hydrogens is 258 g/mol. The number of rotatable bonds is 3. The van der Waals surface area contributed by atoms with E-state index in [0.717, 1.165) is 24.7 Å². The van der Waals surface area contributed by atoms with E-state index in [1.807, 2.05) is 0 Å². The Kier molecular flexibility index (Phi) is 3.74. The zero-order valence-electron chi connectivity index (χ0n) is 12.8. The monoisotopic (exact) mass is 285 g/mol. The first kappa shape index (κ1) is 13.7. The average Bonchev–Trinajstić information content (AvgIpc) is 2.72. The number of nitrogens with zero attached hydrogens (tertiary/aromatic N) is 2. The van der Waals surface area contributed by atoms with Gasteiger partial charge in [-0.2, -0.15) is 0 Å². The maximum Gasteiger partial charge on any atom is 0.0240 e. The van der Waals surface area contributed by atoms with Gasteiger partial charge in [-0.25, -0.2) is 0 Å². The van der Waals surface area contributed by atoms with E-state index < -0.39 is 0 Å². The van der Waals surface area contributed by atoms with Crippen LogP contribution in [0.15, 0.2) is 30.3 Å². The van der Waals surface area contributed by atoms with Gasteiger partial charge < -0.3 is 5.73 Å². The van der Waals surface area contributed by atoms with Gasteiger partial charge in [0.1, 0.15) is 0 Å². The lowest BCUT2D eigenvalue weighted by Crippen LogP contribution is -2.52. The lowest BCUT2D eigenvalue weighted by molar-refractivity contribution is 0.0954. The van der Waals surface area contributed by atoms with Crippen LogP contribution in [0.4, 0.5) is 0 Å². The smallest absolute Gasteiger partial charge is 0.0240 e. The third kappa shape index (κ3) is 2.75. The number of fused-ring (bicyclic) bond motifs is 2. The second kappa shape index (κ2) is 5.71. The van der Waals surface area contributed by atoms with Gasteiger partial charge >= 0.3 is 0 Å². The van der Waals surface area contributed by atoms with Gasteiger partial charge in [0.05, 0.1) is 0 Å². The summed E-state index contributed by atoms with van der Waals surface area (Å²) in [5, 5.41) is 0. The lowest BCUT2D eigenvalue weighted by atomic mass is 9.85. The van der Waals surface area contributed by atoms with Gasteiger partial charge in [-0.15, -0.1) is 0 Å². The maximum atomic E-state index is 5.98. The van der Waals surface area contributed by atoms with Crippen LogP contribution in [0.1, 0.15) is 37.7 Å². The lowest BCUT2D eigenvalue weighted by Gasteiger charge is -2.42. The van der Waals surface area contributed by atoms with Gasteiger partial charge in [0.2, 0.25) is 0 Å². The summed E-state index contributed by atoms with van der Waals surface area (Å²) in [7, 11) is 0. The van der Waals surface area contributed by atoms with Crippen molar-refractivity contribution in [1.82, 2.24) is 9.80 Å². The molecule has 21 heavy (non-hydrogen) atoms. The summed E-state index contributed by atoms with van der Waals surface area (Å²) in [6.45, 7) is 3.68. The van der Waals surface area contributed by atoms with E-state index in [0.29, 0.717) is 6.04 Å². The van der Waals surface area contributed by atoms with Crippen molar-refractivity contribution in [1.29, 1.82) is 0 Å². The molecule has 2 unspecified atom stereocenters. The van der Waals surface area contributed by atoms with Gasteiger partial charge in [0, 0.05) is 37.3 Å². The Hall–Kier alpha value is -0.900. The topological polar surface area (TPSA) is 32.5 Å². The number of benzene rings is 1. The fraction of sp³-hybridized carbons (Fsp3) is 0.667. The predicted octanol–water partition coefficient (Wildman–Crippen LogP) is 2.21. The van der Waals surface area contributed by atoms with E-state index in [1.54, 1.807) is 0 Å². The Morgan fingerprint density at radius 1 is 0.952 bits per heavy atom. The van der Waals surface area contributed by atoms with Crippen molar-refractivity contribution in [3.63, 3.8) is 0 Å². The molecule has 3 fully saturated rings. The summed E-state index contributed by atoms with van der Waals surface area (Å²) in [5.74, 6) is 0. The van der Waals surface area contributed by atoms with Gasteiger partial charge in [0.25, 0.3) is 0 Å². The average molecular weight is 285 g/mol. The molecule has 1 aromatic carbocycles. The quantitative estimate of drug-likeness (QED) is 0.924. The molecule has 0 spiro atoms. The molecule has 114 valence electrons. The Bertz CT molecular complexity index is 469. The molecule has 2 N–H and O–H groups in total. The van der Waals surface area contributed by atoms with E-state index in [4.69, 9.17) is 5.73 Å². The van der Waals surface area contributed by atoms with Crippen LogP contribution in [0.3, 0.4) is 0 Å². The van der Waals surface area contributed by atoms with Crippen LogP contribution in [-0.4, -0.2) is 47.1 Å². The molecule has 2 atom stereocenters. The molecule has 0 amide bonds. The van der Waals surface area contributed by atoms with Crippen molar-refractivity contribution >= 4 is 0 Å². The minimum Gasteiger partial charge on any atom is -0.328 e. The highest BCUT2D eigenvalue weighted by atomic mass is 15.3. The predicted molar refractivity (Wildman–Crippen MR) is 86.0 cm³/mol. The highest BCUT2D eigenvalue weighted by Crippen LogP contribution is 2.34. The molecule has 1 aromatic rings. The summed E-state index contributed by atoms with van der Waals surface area (Å²) in [6, 6.07) is 13.8. The van der Waals surface area contributed by atoms with Gasteiger partial charge in [-0.3, -0.25) is 9.80 Å². The van der Waals surface area contributed by atoms with Crippen molar-refractivity contribution < 1.29 is 0 Å². The zero-order chi connectivity index (χ0) is 14.2. The number of hydrogen-bond acceptors (Lipinski definition) is 3. The van der Waals surface area contributed by atoms with E-state index >= 15 is 0 Å². The van der Waals surface area contributed by atoms with E-state index in [9.17, 15) is 0 Å². The molecule has 0 radical (unpaired) electrons. The number of hydrogen-bond donors (Lipinski definition) is 1. The number of nitrogens with two attached hydrogens (primary N) is 1. The molecule has 1 aliphatic carbocycles. The molecule has 2 bridgehead atoms. The summed E-state index contributed by atoms with van der Waals surface area (Å²) < 4.78 is 0. The summed E-state index contributed by atoms with van der Waals surface area (Å²) >= 11 is 0. The molecule has 3 aliphatic rings. The van der Waals surface area contributed by atoms with Crippen LogP contribution in [0.5, 0.6) is 0 Å². The van der Waals surface area contributed by atoms with Crippen molar-refractivity contribution in [2.75, 3.05) is 13.1 Å². The first-order chi connectivity index (χ1) is 10.3. The van der Waals surface area contributed by atoms with Gasteiger partial charge in [-0.1, -0.05) is 30.3 Å². The van der Waals surface area contributed by atoms with Crippen molar-refractivity contribution in [2.45, 2.75) is 62.8 Å². The van der Waals surface area contributed by atoms with E-state index in [-0.39, 0.29) is 0 Å². The first-order valence-electron chi connectivity index (χ1n) is 8.59.